The summed E-state index contributed by atoms with van der Waals surface area (Å²) in [6.45, 7) is 2.53. The van der Waals surface area contributed by atoms with Gasteiger partial charge < -0.3 is 14.2 Å². The Morgan fingerprint density at radius 2 is 1.73 bits per heavy atom. The third kappa shape index (κ3) is 5.12. The highest BCUT2D eigenvalue weighted by molar-refractivity contribution is 7.22. The number of fused-ring (bicyclic) bond motifs is 1. The lowest BCUT2D eigenvalue weighted by Crippen LogP contribution is -2.25. The summed E-state index contributed by atoms with van der Waals surface area (Å²) >= 11 is 1.36. The van der Waals surface area contributed by atoms with E-state index in [1.54, 1.807) is 44.7 Å². The lowest BCUT2D eigenvalue weighted by Gasteiger charge is -2.14. The number of anilines is 1. The Balaban J connectivity index is 1.72. The molecule has 0 spiro atoms. The SMILES string of the molecule is CCOc1ccc(/C=N/N(C(=O)c2cccc(OC)c2)c2nc3ccc(OC)cc3s2)cc1. The zero-order chi connectivity index (χ0) is 23.2. The summed E-state index contributed by atoms with van der Waals surface area (Å²) in [6, 6.07) is 20.0. The van der Waals surface area contributed by atoms with Crippen molar-refractivity contribution in [1.82, 2.24) is 4.98 Å². The van der Waals surface area contributed by atoms with Crippen LogP contribution in [0.2, 0.25) is 0 Å². The molecular formula is C25H23N3O4S. The molecule has 7 nitrogen and oxygen atoms in total. The fraction of sp³-hybridized carbons (Fsp3) is 0.160. The number of methoxy groups -OCH3 is 2. The summed E-state index contributed by atoms with van der Waals surface area (Å²) in [5.41, 5.74) is 2.02. The summed E-state index contributed by atoms with van der Waals surface area (Å²) in [5.74, 6) is 1.77. The number of hydrazone groups is 1. The standard InChI is InChI=1S/C25H23N3O4S/c1-4-32-19-10-8-17(9-11-19)16-26-28(24(29)18-6-5-7-20(14-18)30-2)25-27-22-13-12-21(31-3)15-23(22)33-25/h5-16H,4H2,1-3H3/b26-16+. The topological polar surface area (TPSA) is 73.2 Å². The minimum Gasteiger partial charge on any atom is -0.497 e. The zero-order valence-corrected chi connectivity index (χ0v) is 19.3. The van der Waals surface area contributed by atoms with E-state index < -0.39 is 0 Å². The van der Waals surface area contributed by atoms with Crippen LogP contribution in [-0.2, 0) is 0 Å². The number of benzene rings is 3. The normalized spacial score (nSPS) is 11.0. The summed E-state index contributed by atoms with van der Waals surface area (Å²) in [6.07, 6.45) is 1.63. The van der Waals surface area contributed by atoms with E-state index in [9.17, 15) is 4.79 Å². The Morgan fingerprint density at radius 1 is 1.00 bits per heavy atom. The number of amides is 1. The molecule has 0 fully saturated rings. The summed E-state index contributed by atoms with van der Waals surface area (Å²) in [4.78, 5) is 18.1. The molecule has 168 valence electrons. The van der Waals surface area contributed by atoms with Crippen molar-refractivity contribution in [2.75, 3.05) is 25.8 Å². The molecule has 1 aromatic heterocycles. The van der Waals surface area contributed by atoms with Gasteiger partial charge in [0.1, 0.15) is 17.2 Å². The quantitative estimate of drug-likeness (QED) is 0.260. The van der Waals surface area contributed by atoms with E-state index in [4.69, 9.17) is 14.2 Å². The van der Waals surface area contributed by atoms with Crippen LogP contribution in [0.4, 0.5) is 5.13 Å². The first kappa shape index (κ1) is 22.3. The van der Waals surface area contributed by atoms with E-state index >= 15 is 0 Å². The second kappa shape index (κ2) is 10.1. The van der Waals surface area contributed by atoms with Crippen molar-refractivity contribution in [3.63, 3.8) is 0 Å². The minimum absolute atomic E-state index is 0.317. The van der Waals surface area contributed by atoms with Gasteiger partial charge in [0.2, 0.25) is 5.13 Å². The lowest BCUT2D eigenvalue weighted by atomic mass is 10.2. The highest BCUT2D eigenvalue weighted by atomic mass is 32.1. The maximum atomic E-state index is 13.5. The molecule has 0 bridgehead atoms. The van der Waals surface area contributed by atoms with Crippen molar-refractivity contribution >= 4 is 38.8 Å². The maximum absolute atomic E-state index is 13.5. The van der Waals surface area contributed by atoms with E-state index in [-0.39, 0.29) is 5.91 Å². The second-order valence-electron chi connectivity index (χ2n) is 6.93. The summed E-state index contributed by atoms with van der Waals surface area (Å²) in [5, 5.41) is 6.26. The zero-order valence-electron chi connectivity index (χ0n) is 18.5. The van der Waals surface area contributed by atoms with Gasteiger partial charge in [0.05, 0.1) is 37.3 Å². The first-order chi connectivity index (χ1) is 16.1. The van der Waals surface area contributed by atoms with Crippen LogP contribution < -0.4 is 19.2 Å². The van der Waals surface area contributed by atoms with Crippen LogP contribution >= 0.6 is 11.3 Å². The van der Waals surface area contributed by atoms with Gasteiger partial charge in [0.15, 0.2) is 0 Å². The molecule has 0 atom stereocenters. The van der Waals surface area contributed by atoms with Crippen molar-refractivity contribution in [2.45, 2.75) is 6.92 Å². The number of thiazole rings is 1. The molecule has 0 aliphatic carbocycles. The predicted octanol–water partition coefficient (Wildman–Crippen LogP) is 5.39. The average Bonchev–Trinajstić information content (AvgIpc) is 3.28. The molecule has 4 aromatic rings. The molecule has 4 rings (SSSR count). The van der Waals surface area contributed by atoms with Gasteiger partial charge in [-0.2, -0.15) is 10.1 Å². The Kier molecular flexibility index (Phi) is 6.85. The smallest absolute Gasteiger partial charge is 0.280 e. The Labute approximate surface area is 195 Å². The number of hydrogen-bond donors (Lipinski definition) is 0. The second-order valence-corrected chi connectivity index (χ2v) is 7.93. The number of carbonyl (C=O) groups is 1. The number of ether oxygens (including phenoxy) is 3. The first-order valence-electron chi connectivity index (χ1n) is 10.3. The van der Waals surface area contributed by atoms with Gasteiger partial charge in [0.25, 0.3) is 5.91 Å². The fourth-order valence-electron chi connectivity index (χ4n) is 3.12. The minimum atomic E-state index is -0.317. The van der Waals surface area contributed by atoms with Crippen LogP contribution in [0.5, 0.6) is 17.2 Å². The Bertz CT molecular complexity index is 1280. The van der Waals surface area contributed by atoms with Crippen LogP contribution in [0.15, 0.2) is 71.8 Å². The van der Waals surface area contributed by atoms with Crippen molar-refractivity contribution in [2.24, 2.45) is 5.10 Å². The van der Waals surface area contributed by atoms with Crippen molar-refractivity contribution in [1.29, 1.82) is 0 Å². The number of carbonyl (C=O) groups excluding carboxylic acids is 1. The lowest BCUT2D eigenvalue weighted by molar-refractivity contribution is 0.0987. The van der Waals surface area contributed by atoms with Gasteiger partial charge in [0, 0.05) is 5.56 Å². The molecule has 1 heterocycles. The van der Waals surface area contributed by atoms with Gasteiger partial charge in [-0.05, 0) is 73.2 Å². The molecule has 0 N–H and O–H groups in total. The number of rotatable bonds is 8. The third-order valence-electron chi connectivity index (χ3n) is 4.79. The highest BCUT2D eigenvalue weighted by Crippen LogP contribution is 2.32. The van der Waals surface area contributed by atoms with Gasteiger partial charge in [-0.15, -0.1) is 0 Å². The Hall–Kier alpha value is -3.91. The molecule has 33 heavy (non-hydrogen) atoms. The molecule has 0 radical (unpaired) electrons. The predicted molar refractivity (Wildman–Crippen MR) is 131 cm³/mol. The van der Waals surface area contributed by atoms with E-state index in [1.165, 1.54) is 16.3 Å². The Morgan fingerprint density at radius 3 is 2.45 bits per heavy atom. The van der Waals surface area contributed by atoms with Crippen LogP contribution in [0.25, 0.3) is 10.2 Å². The van der Waals surface area contributed by atoms with E-state index in [0.29, 0.717) is 23.1 Å². The number of hydrogen-bond acceptors (Lipinski definition) is 7. The van der Waals surface area contributed by atoms with Gasteiger partial charge in [-0.3, -0.25) is 4.79 Å². The van der Waals surface area contributed by atoms with Gasteiger partial charge in [-0.1, -0.05) is 17.4 Å². The molecular weight excluding hydrogens is 438 g/mol. The largest absolute Gasteiger partial charge is 0.497 e. The molecule has 1 amide bonds. The molecule has 8 heteroatoms. The number of aromatic nitrogens is 1. The van der Waals surface area contributed by atoms with E-state index in [1.807, 2.05) is 49.4 Å². The van der Waals surface area contributed by atoms with Crippen LogP contribution in [0, 0.1) is 0 Å². The average molecular weight is 462 g/mol. The van der Waals surface area contributed by atoms with E-state index in [2.05, 4.69) is 10.1 Å². The first-order valence-corrected chi connectivity index (χ1v) is 11.1. The third-order valence-corrected chi connectivity index (χ3v) is 5.78. The molecule has 0 saturated heterocycles. The van der Waals surface area contributed by atoms with Crippen LogP contribution in [0.3, 0.4) is 0 Å². The van der Waals surface area contributed by atoms with Crippen molar-refractivity contribution in [3.05, 3.63) is 77.9 Å². The van der Waals surface area contributed by atoms with Crippen LogP contribution in [-0.4, -0.2) is 37.9 Å². The van der Waals surface area contributed by atoms with Crippen molar-refractivity contribution < 1.29 is 19.0 Å². The molecule has 0 saturated carbocycles. The van der Waals surface area contributed by atoms with Gasteiger partial charge in [-0.25, -0.2) is 4.98 Å². The van der Waals surface area contributed by atoms with Crippen molar-refractivity contribution in [3.8, 4) is 17.2 Å². The molecule has 0 aliphatic rings. The molecule has 0 aliphatic heterocycles. The molecule has 3 aromatic carbocycles. The molecule has 0 unspecified atom stereocenters. The fourth-order valence-corrected chi connectivity index (χ4v) is 4.07. The summed E-state index contributed by atoms with van der Waals surface area (Å²) in [7, 11) is 3.18. The highest BCUT2D eigenvalue weighted by Gasteiger charge is 2.21. The summed E-state index contributed by atoms with van der Waals surface area (Å²) < 4.78 is 17.0. The number of nitrogens with zero attached hydrogens (tertiary/aromatic N) is 3. The van der Waals surface area contributed by atoms with Crippen LogP contribution in [0.1, 0.15) is 22.8 Å². The monoisotopic (exact) mass is 461 g/mol. The van der Waals surface area contributed by atoms with Gasteiger partial charge >= 0.3 is 0 Å². The maximum Gasteiger partial charge on any atom is 0.280 e. The van der Waals surface area contributed by atoms with E-state index in [0.717, 1.165) is 27.3 Å².